The van der Waals surface area contributed by atoms with Gasteiger partial charge in [0.1, 0.15) is 0 Å². The van der Waals surface area contributed by atoms with E-state index < -0.39 is 21.8 Å². The summed E-state index contributed by atoms with van der Waals surface area (Å²) in [5, 5.41) is 9.01. The molecule has 0 radical (unpaired) electrons. The highest BCUT2D eigenvalue weighted by Gasteiger charge is 2.34. The zero-order valence-electron chi connectivity index (χ0n) is 16.6. The number of piperazine rings is 1. The average Bonchev–Trinajstić information content (AvgIpc) is 2.79. The van der Waals surface area contributed by atoms with Gasteiger partial charge in [-0.15, -0.1) is 10.2 Å². The maximum absolute atomic E-state index is 13.0. The molecule has 1 aliphatic heterocycles. The Morgan fingerprint density at radius 1 is 0.875 bits per heavy atom. The molecule has 0 saturated carbocycles. The molecule has 2 aromatic carbocycles. The minimum atomic E-state index is -4.61. The van der Waals surface area contributed by atoms with Crippen molar-refractivity contribution in [1.82, 2.24) is 14.5 Å². The summed E-state index contributed by atoms with van der Waals surface area (Å²) >= 11 is 6.19. The number of nitrogens with zero attached hydrogens (tertiary/aromatic N) is 4. The summed E-state index contributed by atoms with van der Waals surface area (Å²) in [5.41, 5.74) is 0.376. The zero-order chi connectivity index (χ0) is 22.9. The summed E-state index contributed by atoms with van der Waals surface area (Å²) < 4.78 is 65.8. The summed E-state index contributed by atoms with van der Waals surface area (Å²) in [6.07, 6.45) is -4.61. The SMILES string of the molecule is O=S(=O)(c1cccc(C(F)(F)F)c1)N1CCN(c2ccc(-c3ccccc3Cl)nn2)CC1. The van der Waals surface area contributed by atoms with Crippen molar-refractivity contribution in [3.8, 4) is 11.3 Å². The number of benzene rings is 2. The van der Waals surface area contributed by atoms with Crippen molar-refractivity contribution in [2.24, 2.45) is 0 Å². The normalized spacial score (nSPS) is 15.7. The predicted molar refractivity (Wildman–Crippen MR) is 115 cm³/mol. The first kappa shape index (κ1) is 22.5. The van der Waals surface area contributed by atoms with Gasteiger partial charge in [0.05, 0.1) is 21.2 Å². The van der Waals surface area contributed by atoms with E-state index in [-0.39, 0.29) is 18.0 Å². The Morgan fingerprint density at radius 3 is 2.22 bits per heavy atom. The van der Waals surface area contributed by atoms with Gasteiger partial charge in [-0.2, -0.15) is 17.5 Å². The minimum absolute atomic E-state index is 0.118. The molecular weight excluding hydrogens is 465 g/mol. The van der Waals surface area contributed by atoms with Crippen molar-refractivity contribution in [3.63, 3.8) is 0 Å². The van der Waals surface area contributed by atoms with Crippen molar-refractivity contribution in [1.29, 1.82) is 0 Å². The molecule has 2 heterocycles. The number of hydrogen-bond donors (Lipinski definition) is 0. The summed E-state index contributed by atoms with van der Waals surface area (Å²) in [7, 11) is -4.04. The van der Waals surface area contributed by atoms with Crippen LogP contribution < -0.4 is 4.90 Å². The van der Waals surface area contributed by atoms with Crippen LogP contribution in [0.1, 0.15) is 5.56 Å². The van der Waals surface area contributed by atoms with Crippen LogP contribution in [0.2, 0.25) is 5.02 Å². The number of aromatic nitrogens is 2. The molecule has 0 bridgehead atoms. The fraction of sp³-hybridized carbons (Fsp3) is 0.238. The Labute approximate surface area is 188 Å². The summed E-state index contributed by atoms with van der Waals surface area (Å²) in [6.45, 7) is 0.898. The quantitative estimate of drug-likeness (QED) is 0.554. The van der Waals surface area contributed by atoms with Crippen LogP contribution in [-0.2, 0) is 16.2 Å². The lowest BCUT2D eigenvalue weighted by Crippen LogP contribution is -2.49. The van der Waals surface area contributed by atoms with Crippen molar-refractivity contribution in [2.75, 3.05) is 31.1 Å². The van der Waals surface area contributed by atoms with Crippen LogP contribution in [-0.4, -0.2) is 49.1 Å². The molecule has 3 aromatic rings. The van der Waals surface area contributed by atoms with Gasteiger partial charge in [-0.25, -0.2) is 8.42 Å². The lowest BCUT2D eigenvalue weighted by Gasteiger charge is -2.34. The van der Waals surface area contributed by atoms with Crippen LogP contribution in [0, 0.1) is 0 Å². The van der Waals surface area contributed by atoms with Gasteiger partial charge >= 0.3 is 6.18 Å². The second-order valence-corrected chi connectivity index (χ2v) is 9.52. The fourth-order valence-corrected chi connectivity index (χ4v) is 5.15. The molecule has 168 valence electrons. The second-order valence-electron chi connectivity index (χ2n) is 7.17. The van der Waals surface area contributed by atoms with E-state index in [1.165, 1.54) is 10.4 Å². The van der Waals surface area contributed by atoms with Gasteiger partial charge in [-0.05, 0) is 36.4 Å². The molecule has 0 spiro atoms. The van der Waals surface area contributed by atoms with E-state index in [0.29, 0.717) is 35.7 Å². The average molecular weight is 483 g/mol. The highest BCUT2D eigenvalue weighted by molar-refractivity contribution is 7.89. The van der Waals surface area contributed by atoms with E-state index in [9.17, 15) is 21.6 Å². The molecular formula is C21H18ClF3N4O2S. The molecule has 1 aromatic heterocycles. The third-order valence-electron chi connectivity index (χ3n) is 5.16. The topological polar surface area (TPSA) is 66.4 Å². The van der Waals surface area contributed by atoms with Crippen molar-refractivity contribution >= 4 is 27.4 Å². The number of halogens is 4. The van der Waals surface area contributed by atoms with Crippen molar-refractivity contribution in [3.05, 3.63) is 71.2 Å². The fourth-order valence-electron chi connectivity index (χ4n) is 3.45. The third-order valence-corrected chi connectivity index (χ3v) is 7.39. The lowest BCUT2D eigenvalue weighted by atomic mass is 10.1. The van der Waals surface area contributed by atoms with Crippen LogP contribution in [0.5, 0.6) is 0 Å². The molecule has 11 heteroatoms. The van der Waals surface area contributed by atoms with Crippen molar-refractivity contribution in [2.45, 2.75) is 11.1 Å². The van der Waals surface area contributed by atoms with Gasteiger partial charge in [0.15, 0.2) is 5.82 Å². The molecule has 1 aliphatic rings. The maximum Gasteiger partial charge on any atom is 0.416 e. The van der Waals surface area contributed by atoms with Gasteiger partial charge in [0.2, 0.25) is 10.0 Å². The predicted octanol–water partition coefficient (Wildman–Crippen LogP) is 4.33. The number of rotatable bonds is 4. The third kappa shape index (κ3) is 4.57. The highest BCUT2D eigenvalue weighted by atomic mass is 35.5. The summed E-state index contributed by atoms with van der Waals surface area (Å²) in [6, 6.07) is 14.6. The number of sulfonamides is 1. The van der Waals surface area contributed by atoms with E-state index in [4.69, 9.17) is 11.6 Å². The molecule has 6 nitrogen and oxygen atoms in total. The minimum Gasteiger partial charge on any atom is -0.352 e. The second kappa shape index (κ2) is 8.68. The monoisotopic (exact) mass is 482 g/mol. The van der Waals surface area contributed by atoms with Gasteiger partial charge in [0, 0.05) is 31.7 Å². The van der Waals surface area contributed by atoms with Crippen LogP contribution >= 0.6 is 11.6 Å². The molecule has 1 fully saturated rings. The molecule has 0 amide bonds. The first-order chi connectivity index (χ1) is 15.2. The van der Waals surface area contributed by atoms with Crippen LogP contribution in [0.4, 0.5) is 19.0 Å². The Kier molecular flexibility index (Phi) is 6.11. The Morgan fingerprint density at radius 2 is 1.59 bits per heavy atom. The maximum atomic E-state index is 13.0. The molecule has 0 aliphatic carbocycles. The Bertz CT molecular complexity index is 1210. The first-order valence-corrected chi connectivity index (χ1v) is 11.5. The molecule has 0 N–H and O–H groups in total. The zero-order valence-corrected chi connectivity index (χ0v) is 18.2. The standard InChI is InChI=1S/C21H18ClF3N4O2S/c22-18-7-2-1-6-17(18)19-8-9-20(27-26-19)28-10-12-29(13-11-28)32(30,31)16-5-3-4-15(14-16)21(23,24)25/h1-9,14H,10-13H2. The molecule has 32 heavy (non-hydrogen) atoms. The Hall–Kier alpha value is -2.69. The van der Waals surface area contributed by atoms with E-state index >= 15 is 0 Å². The molecule has 0 unspecified atom stereocenters. The summed E-state index contributed by atoms with van der Waals surface area (Å²) in [5.74, 6) is 0.580. The Balaban J connectivity index is 1.46. The molecule has 4 rings (SSSR count). The van der Waals surface area contributed by atoms with E-state index in [2.05, 4.69) is 10.2 Å². The van der Waals surface area contributed by atoms with Crippen LogP contribution in [0.25, 0.3) is 11.3 Å². The molecule has 0 atom stereocenters. The van der Waals surface area contributed by atoms with E-state index in [1.54, 1.807) is 18.2 Å². The molecule has 1 saturated heterocycles. The smallest absolute Gasteiger partial charge is 0.352 e. The number of alkyl halides is 3. The van der Waals surface area contributed by atoms with Crippen molar-refractivity contribution < 1.29 is 21.6 Å². The van der Waals surface area contributed by atoms with Gasteiger partial charge < -0.3 is 4.90 Å². The lowest BCUT2D eigenvalue weighted by molar-refractivity contribution is -0.137. The van der Waals surface area contributed by atoms with E-state index in [0.717, 1.165) is 17.7 Å². The first-order valence-electron chi connectivity index (χ1n) is 9.67. The number of anilines is 1. The van der Waals surface area contributed by atoms with E-state index in [1.807, 2.05) is 23.1 Å². The number of hydrogen-bond acceptors (Lipinski definition) is 5. The highest BCUT2D eigenvalue weighted by Crippen LogP contribution is 2.31. The van der Waals surface area contributed by atoms with Crippen LogP contribution in [0.15, 0.2) is 65.6 Å². The van der Waals surface area contributed by atoms with Gasteiger partial charge in [0.25, 0.3) is 0 Å². The largest absolute Gasteiger partial charge is 0.416 e. The van der Waals surface area contributed by atoms with Crippen LogP contribution in [0.3, 0.4) is 0 Å². The van der Waals surface area contributed by atoms with Gasteiger partial charge in [-0.3, -0.25) is 0 Å². The summed E-state index contributed by atoms with van der Waals surface area (Å²) in [4.78, 5) is 1.51. The van der Waals surface area contributed by atoms with Gasteiger partial charge in [-0.1, -0.05) is 35.9 Å².